The van der Waals surface area contributed by atoms with Crippen LogP contribution in [0.1, 0.15) is 37.4 Å². The molecular weight excluding hydrogens is 372 g/mol. The van der Waals surface area contributed by atoms with E-state index in [1.807, 2.05) is 18.6 Å². The molecule has 0 unspecified atom stereocenters. The second-order valence-corrected chi connectivity index (χ2v) is 8.46. The zero-order valence-corrected chi connectivity index (χ0v) is 17.6. The smallest absolute Gasteiger partial charge is 0.113 e. The molecule has 30 heavy (non-hydrogen) atoms. The summed E-state index contributed by atoms with van der Waals surface area (Å²) in [7, 11) is 2.18. The van der Waals surface area contributed by atoms with Gasteiger partial charge in [0.05, 0.1) is 11.7 Å². The summed E-state index contributed by atoms with van der Waals surface area (Å²) in [4.78, 5) is 11.3. The summed E-state index contributed by atoms with van der Waals surface area (Å²) in [5.74, 6) is 7.28. The normalized spacial score (nSPS) is 19.0. The second kappa shape index (κ2) is 8.59. The Hall–Kier alpha value is -2.68. The van der Waals surface area contributed by atoms with Gasteiger partial charge in [-0.2, -0.15) is 0 Å². The molecule has 0 bridgehead atoms. The number of aromatic nitrogens is 3. The summed E-state index contributed by atoms with van der Waals surface area (Å²) >= 11 is 0. The van der Waals surface area contributed by atoms with Crippen LogP contribution in [0.5, 0.6) is 0 Å². The Bertz CT molecular complexity index is 1080. The molecule has 0 spiro atoms. The number of hydrogen-bond acceptors (Lipinski definition) is 4. The highest BCUT2D eigenvalue weighted by atomic mass is 16.5. The van der Waals surface area contributed by atoms with Gasteiger partial charge in [0, 0.05) is 54.7 Å². The monoisotopic (exact) mass is 400 g/mol. The predicted octanol–water partition coefficient (Wildman–Crippen LogP) is 4.14. The first-order valence-electron chi connectivity index (χ1n) is 11.0. The van der Waals surface area contributed by atoms with Gasteiger partial charge in [0.1, 0.15) is 5.69 Å². The molecule has 0 aliphatic carbocycles. The van der Waals surface area contributed by atoms with Crippen LogP contribution in [-0.2, 0) is 4.74 Å². The van der Waals surface area contributed by atoms with Crippen molar-refractivity contribution in [2.45, 2.75) is 31.7 Å². The molecule has 0 saturated carbocycles. The lowest BCUT2D eigenvalue weighted by Gasteiger charge is -2.25. The Morgan fingerprint density at radius 1 is 1.07 bits per heavy atom. The van der Waals surface area contributed by atoms with Gasteiger partial charge in [-0.15, -0.1) is 0 Å². The van der Waals surface area contributed by atoms with E-state index in [9.17, 15) is 0 Å². The van der Waals surface area contributed by atoms with Crippen molar-refractivity contribution in [2.75, 3.05) is 33.4 Å². The van der Waals surface area contributed by atoms with Crippen molar-refractivity contribution in [3.05, 3.63) is 48.7 Å². The van der Waals surface area contributed by atoms with Gasteiger partial charge >= 0.3 is 0 Å². The van der Waals surface area contributed by atoms with E-state index < -0.39 is 0 Å². The van der Waals surface area contributed by atoms with Crippen LogP contribution in [0.15, 0.2) is 43.0 Å². The number of ether oxygens (including phenoxy) is 1. The van der Waals surface area contributed by atoms with Crippen LogP contribution in [-0.4, -0.2) is 52.8 Å². The Labute approximate surface area is 178 Å². The average Bonchev–Trinajstić information content (AvgIpc) is 3.19. The summed E-state index contributed by atoms with van der Waals surface area (Å²) < 4.78 is 7.96. The van der Waals surface area contributed by atoms with Crippen molar-refractivity contribution in [2.24, 2.45) is 5.92 Å². The standard InChI is InChI=1S/C25H28N4O/c1-28-12-6-19(7-13-28)2-3-21-16-20(4-11-27-21)24-18-29(22-8-14-30-15-9-22)25-17-26-10-5-23(24)25/h4-5,10-11,16-19,22H,6-9,12-15H2,1H3. The highest BCUT2D eigenvalue weighted by molar-refractivity contribution is 5.95. The molecule has 0 amide bonds. The lowest BCUT2D eigenvalue weighted by Crippen LogP contribution is -2.29. The van der Waals surface area contributed by atoms with Crippen LogP contribution in [0.2, 0.25) is 0 Å². The first-order valence-corrected chi connectivity index (χ1v) is 11.0. The Morgan fingerprint density at radius 3 is 2.73 bits per heavy atom. The van der Waals surface area contributed by atoms with E-state index >= 15 is 0 Å². The number of pyridine rings is 2. The van der Waals surface area contributed by atoms with Crippen LogP contribution in [0, 0.1) is 17.8 Å². The first kappa shape index (κ1) is 19.3. The fourth-order valence-electron chi connectivity index (χ4n) is 4.59. The summed E-state index contributed by atoms with van der Waals surface area (Å²) in [5.41, 5.74) is 4.44. The molecule has 154 valence electrons. The van der Waals surface area contributed by atoms with Gasteiger partial charge < -0.3 is 14.2 Å². The van der Waals surface area contributed by atoms with Crippen molar-refractivity contribution in [3.63, 3.8) is 0 Å². The van der Waals surface area contributed by atoms with Crippen LogP contribution in [0.25, 0.3) is 22.0 Å². The third kappa shape index (κ3) is 3.98. The molecule has 2 aliphatic heterocycles. The van der Waals surface area contributed by atoms with Crippen LogP contribution in [0.3, 0.4) is 0 Å². The SMILES string of the molecule is CN1CCC(C#Cc2cc(-c3cn(C4CCOCC4)c4cnccc34)ccn2)CC1. The highest BCUT2D eigenvalue weighted by Gasteiger charge is 2.20. The number of fused-ring (bicyclic) bond motifs is 1. The molecule has 2 aliphatic rings. The van der Waals surface area contributed by atoms with Gasteiger partial charge in [-0.05, 0) is 75.5 Å². The highest BCUT2D eigenvalue weighted by Crippen LogP contribution is 2.34. The van der Waals surface area contributed by atoms with E-state index in [0.29, 0.717) is 12.0 Å². The van der Waals surface area contributed by atoms with Crippen LogP contribution >= 0.6 is 0 Å². The maximum Gasteiger partial charge on any atom is 0.113 e. The molecule has 5 heteroatoms. The van der Waals surface area contributed by atoms with E-state index in [1.54, 1.807) is 0 Å². The minimum atomic E-state index is 0.463. The molecule has 0 aromatic carbocycles. The molecule has 3 aromatic heterocycles. The van der Waals surface area contributed by atoms with Gasteiger partial charge in [-0.25, -0.2) is 4.98 Å². The van der Waals surface area contributed by atoms with E-state index in [0.717, 1.165) is 57.7 Å². The molecule has 0 N–H and O–H groups in total. The molecule has 5 heterocycles. The quantitative estimate of drug-likeness (QED) is 0.607. The lowest BCUT2D eigenvalue weighted by molar-refractivity contribution is 0.0707. The summed E-state index contributed by atoms with van der Waals surface area (Å²) in [6, 6.07) is 6.80. The van der Waals surface area contributed by atoms with Gasteiger partial charge in [0.15, 0.2) is 0 Å². The molecular formula is C25H28N4O. The maximum absolute atomic E-state index is 5.57. The van der Waals surface area contributed by atoms with Crippen LogP contribution in [0.4, 0.5) is 0 Å². The van der Waals surface area contributed by atoms with E-state index in [1.165, 1.54) is 22.0 Å². The third-order valence-corrected chi connectivity index (χ3v) is 6.41. The largest absolute Gasteiger partial charge is 0.381 e. The Morgan fingerprint density at radius 2 is 1.90 bits per heavy atom. The fraction of sp³-hybridized carbons (Fsp3) is 0.440. The van der Waals surface area contributed by atoms with Gasteiger partial charge in [0.25, 0.3) is 0 Å². The molecule has 0 radical (unpaired) electrons. The number of hydrogen-bond donors (Lipinski definition) is 0. The zero-order chi connectivity index (χ0) is 20.3. The van der Waals surface area contributed by atoms with Crippen molar-refractivity contribution in [1.82, 2.24) is 19.4 Å². The minimum absolute atomic E-state index is 0.463. The minimum Gasteiger partial charge on any atom is -0.381 e. The van der Waals surface area contributed by atoms with Crippen molar-refractivity contribution in [3.8, 4) is 23.0 Å². The molecule has 3 aromatic rings. The zero-order valence-electron chi connectivity index (χ0n) is 17.6. The van der Waals surface area contributed by atoms with Crippen LogP contribution < -0.4 is 0 Å². The van der Waals surface area contributed by atoms with E-state index in [2.05, 4.69) is 62.7 Å². The van der Waals surface area contributed by atoms with Crippen molar-refractivity contribution < 1.29 is 4.74 Å². The van der Waals surface area contributed by atoms with Crippen molar-refractivity contribution >= 4 is 10.9 Å². The fourth-order valence-corrected chi connectivity index (χ4v) is 4.59. The van der Waals surface area contributed by atoms with Gasteiger partial charge in [-0.1, -0.05) is 5.92 Å². The molecule has 2 fully saturated rings. The van der Waals surface area contributed by atoms with Gasteiger partial charge in [0.2, 0.25) is 0 Å². The van der Waals surface area contributed by atoms with Gasteiger partial charge in [-0.3, -0.25) is 4.98 Å². The van der Waals surface area contributed by atoms with Crippen molar-refractivity contribution in [1.29, 1.82) is 0 Å². The molecule has 2 saturated heterocycles. The average molecular weight is 401 g/mol. The topological polar surface area (TPSA) is 43.2 Å². The number of piperidine rings is 1. The summed E-state index contributed by atoms with van der Waals surface area (Å²) in [5, 5.41) is 1.23. The molecule has 5 rings (SSSR count). The Balaban J connectivity index is 1.47. The lowest BCUT2D eigenvalue weighted by atomic mass is 9.97. The Kier molecular flexibility index (Phi) is 5.52. The summed E-state index contributed by atoms with van der Waals surface area (Å²) in [6.07, 6.45) is 12.4. The second-order valence-electron chi connectivity index (χ2n) is 8.46. The first-order chi connectivity index (χ1) is 14.8. The molecule has 5 nitrogen and oxygen atoms in total. The third-order valence-electron chi connectivity index (χ3n) is 6.41. The van der Waals surface area contributed by atoms with E-state index in [-0.39, 0.29) is 0 Å². The molecule has 0 atom stereocenters. The predicted molar refractivity (Wildman–Crippen MR) is 119 cm³/mol. The summed E-state index contributed by atoms with van der Waals surface area (Å²) in [6.45, 7) is 3.91. The number of likely N-dealkylation sites (tertiary alicyclic amines) is 1. The number of rotatable bonds is 2. The maximum atomic E-state index is 5.57. The number of nitrogens with zero attached hydrogens (tertiary/aromatic N) is 4. The van der Waals surface area contributed by atoms with E-state index in [4.69, 9.17) is 4.74 Å².